The van der Waals surface area contributed by atoms with Crippen LogP contribution in [-0.4, -0.2) is 9.55 Å². The van der Waals surface area contributed by atoms with E-state index in [1.54, 1.807) is 0 Å². The molecule has 0 aliphatic carbocycles. The molecule has 0 aliphatic rings. The Morgan fingerprint density at radius 1 is 0.512 bits per heavy atom. The molecule has 0 fully saturated rings. The second-order valence-corrected chi connectivity index (χ2v) is 13.5. The Balaban J connectivity index is 1.48. The normalized spacial score (nSPS) is 11.8. The van der Waals surface area contributed by atoms with Crippen molar-refractivity contribution in [2.45, 2.75) is 0 Å². The van der Waals surface area contributed by atoms with Gasteiger partial charge in [0.1, 0.15) is 0 Å². The van der Waals surface area contributed by atoms with Crippen LogP contribution in [0, 0.1) is 0 Å². The second kappa shape index (κ2) is 10.2. The average Bonchev–Trinajstić information content (AvgIpc) is 3.44. The van der Waals surface area contributed by atoms with Gasteiger partial charge in [-0.1, -0.05) is 140 Å². The van der Waals surface area contributed by atoms with Crippen molar-refractivity contribution in [1.29, 1.82) is 0 Å². The standard InChI is InChI=1S/C39H27N2OP/c42-43(30-18-6-2-7-19-30,31-20-8-3-9-21-31)32-22-14-17-29(27-32)41-36-26-13-11-24-34(36)37-38(28-15-4-1-5-16-28)40-35-25-12-10-23-33(35)39(37)41/h1-27H. The molecule has 2 heterocycles. The molecule has 0 radical (unpaired) electrons. The van der Waals surface area contributed by atoms with E-state index in [4.69, 9.17) is 4.98 Å². The number of aromatic nitrogens is 2. The minimum absolute atomic E-state index is 0.801. The van der Waals surface area contributed by atoms with E-state index in [1.165, 1.54) is 0 Å². The molecule has 0 saturated heterocycles. The summed E-state index contributed by atoms with van der Waals surface area (Å²) in [5.74, 6) is 0. The van der Waals surface area contributed by atoms with Crippen LogP contribution in [0.4, 0.5) is 0 Å². The van der Waals surface area contributed by atoms with Crippen LogP contribution in [0.5, 0.6) is 0 Å². The van der Waals surface area contributed by atoms with Crippen molar-refractivity contribution in [3.8, 4) is 16.9 Å². The summed E-state index contributed by atoms with van der Waals surface area (Å²) in [6, 6.07) is 55.3. The molecule has 6 aromatic carbocycles. The molecular formula is C39H27N2OP. The van der Waals surface area contributed by atoms with Crippen molar-refractivity contribution in [3.63, 3.8) is 0 Å². The van der Waals surface area contributed by atoms with Gasteiger partial charge in [0.2, 0.25) is 0 Å². The van der Waals surface area contributed by atoms with E-state index >= 15 is 4.57 Å². The Hall–Kier alpha value is -5.24. The first kappa shape index (κ1) is 25.5. The van der Waals surface area contributed by atoms with Crippen LogP contribution in [0.1, 0.15) is 0 Å². The summed E-state index contributed by atoms with van der Waals surface area (Å²) in [6.45, 7) is 0. The number of hydrogen-bond acceptors (Lipinski definition) is 2. The van der Waals surface area contributed by atoms with Crippen molar-refractivity contribution >= 4 is 55.8 Å². The number of pyridine rings is 1. The topological polar surface area (TPSA) is 34.9 Å². The van der Waals surface area contributed by atoms with E-state index in [2.05, 4.69) is 83.4 Å². The van der Waals surface area contributed by atoms with Gasteiger partial charge >= 0.3 is 0 Å². The third-order valence-electron chi connectivity index (χ3n) is 8.24. The van der Waals surface area contributed by atoms with Gasteiger partial charge in [-0.05, 0) is 24.3 Å². The predicted octanol–water partition coefficient (Wildman–Crippen LogP) is 8.64. The van der Waals surface area contributed by atoms with E-state index in [-0.39, 0.29) is 0 Å². The number of para-hydroxylation sites is 2. The molecular weight excluding hydrogens is 543 g/mol. The van der Waals surface area contributed by atoms with E-state index < -0.39 is 7.14 Å². The summed E-state index contributed by atoms with van der Waals surface area (Å²) >= 11 is 0. The molecule has 0 spiro atoms. The van der Waals surface area contributed by atoms with Gasteiger partial charge < -0.3 is 9.13 Å². The van der Waals surface area contributed by atoms with Crippen LogP contribution in [0.2, 0.25) is 0 Å². The first-order chi connectivity index (χ1) is 21.2. The minimum atomic E-state index is -3.16. The fraction of sp³-hybridized carbons (Fsp3) is 0. The lowest BCUT2D eigenvalue weighted by molar-refractivity contribution is 0.592. The molecule has 4 heteroatoms. The number of fused-ring (bicyclic) bond motifs is 5. The van der Waals surface area contributed by atoms with Crippen molar-refractivity contribution in [2.24, 2.45) is 0 Å². The van der Waals surface area contributed by atoms with Crippen LogP contribution >= 0.6 is 7.14 Å². The van der Waals surface area contributed by atoms with Gasteiger partial charge in [-0.25, -0.2) is 4.98 Å². The number of hydrogen-bond donors (Lipinski definition) is 0. The molecule has 0 N–H and O–H groups in total. The first-order valence-corrected chi connectivity index (χ1v) is 16.1. The quantitative estimate of drug-likeness (QED) is 0.194. The maximum Gasteiger partial charge on any atom is 0.171 e. The fourth-order valence-corrected chi connectivity index (χ4v) is 9.00. The molecule has 2 aromatic heterocycles. The van der Waals surface area contributed by atoms with Crippen LogP contribution in [0.3, 0.4) is 0 Å². The highest BCUT2D eigenvalue weighted by atomic mass is 31.2. The highest BCUT2D eigenvalue weighted by molar-refractivity contribution is 7.85. The molecule has 0 aliphatic heterocycles. The zero-order valence-corrected chi connectivity index (χ0v) is 24.2. The van der Waals surface area contributed by atoms with Crippen molar-refractivity contribution in [2.75, 3.05) is 0 Å². The Labute approximate surface area is 250 Å². The van der Waals surface area contributed by atoms with Crippen LogP contribution in [0.25, 0.3) is 49.7 Å². The maximum atomic E-state index is 15.3. The van der Waals surface area contributed by atoms with Gasteiger partial charge in [-0.2, -0.15) is 0 Å². The zero-order chi connectivity index (χ0) is 28.8. The van der Waals surface area contributed by atoms with Gasteiger partial charge in [0.05, 0.1) is 22.2 Å². The van der Waals surface area contributed by atoms with E-state index in [0.29, 0.717) is 0 Å². The summed E-state index contributed by atoms with van der Waals surface area (Å²) in [5, 5.41) is 5.76. The lowest BCUT2D eigenvalue weighted by Crippen LogP contribution is -2.25. The monoisotopic (exact) mass is 570 g/mol. The minimum Gasteiger partial charge on any atom is -0.309 e. The zero-order valence-electron chi connectivity index (χ0n) is 23.3. The van der Waals surface area contributed by atoms with Gasteiger partial charge in [-0.15, -0.1) is 0 Å². The SMILES string of the molecule is O=P(c1ccccc1)(c1ccccc1)c1cccc(-n2c3ccccc3c3c(-c4ccccc4)nc4ccccc4c32)c1. The summed E-state index contributed by atoms with van der Waals surface area (Å²) in [4.78, 5) is 5.21. The largest absolute Gasteiger partial charge is 0.309 e. The lowest BCUT2D eigenvalue weighted by atomic mass is 10.0. The van der Waals surface area contributed by atoms with Crippen LogP contribution < -0.4 is 15.9 Å². The smallest absolute Gasteiger partial charge is 0.171 e. The molecule has 43 heavy (non-hydrogen) atoms. The Morgan fingerprint density at radius 2 is 1.07 bits per heavy atom. The van der Waals surface area contributed by atoms with E-state index in [9.17, 15) is 0 Å². The molecule has 0 bridgehead atoms. The van der Waals surface area contributed by atoms with Crippen LogP contribution in [0.15, 0.2) is 164 Å². The molecule has 204 valence electrons. The summed E-state index contributed by atoms with van der Waals surface area (Å²) in [6.07, 6.45) is 0. The van der Waals surface area contributed by atoms with E-state index in [1.807, 2.05) is 84.9 Å². The Morgan fingerprint density at radius 3 is 1.77 bits per heavy atom. The van der Waals surface area contributed by atoms with Gasteiger partial charge in [0.25, 0.3) is 0 Å². The third-order valence-corrected chi connectivity index (χ3v) is 11.3. The first-order valence-electron chi connectivity index (χ1n) is 14.4. The predicted molar refractivity (Wildman–Crippen MR) is 181 cm³/mol. The average molecular weight is 571 g/mol. The summed E-state index contributed by atoms with van der Waals surface area (Å²) in [7, 11) is -3.16. The summed E-state index contributed by atoms with van der Waals surface area (Å²) in [5.41, 5.74) is 6.11. The third kappa shape index (κ3) is 4.05. The molecule has 0 amide bonds. The summed E-state index contributed by atoms with van der Waals surface area (Å²) < 4.78 is 17.6. The molecule has 8 aromatic rings. The number of benzene rings is 6. The van der Waals surface area contributed by atoms with Crippen molar-refractivity contribution < 1.29 is 4.57 Å². The van der Waals surface area contributed by atoms with Gasteiger partial charge in [0, 0.05) is 43.3 Å². The Bertz CT molecular complexity index is 2270. The highest BCUT2D eigenvalue weighted by Gasteiger charge is 2.30. The fourth-order valence-electron chi connectivity index (χ4n) is 6.31. The lowest BCUT2D eigenvalue weighted by Gasteiger charge is -2.21. The molecule has 0 saturated carbocycles. The molecule has 8 rings (SSSR count). The highest BCUT2D eigenvalue weighted by Crippen LogP contribution is 2.44. The van der Waals surface area contributed by atoms with E-state index in [0.717, 1.165) is 65.6 Å². The Kier molecular flexibility index (Phi) is 6.06. The maximum absolute atomic E-state index is 15.3. The second-order valence-electron chi connectivity index (χ2n) is 10.7. The van der Waals surface area contributed by atoms with Crippen molar-refractivity contribution in [3.05, 3.63) is 164 Å². The molecule has 0 unspecified atom stereocenters. The van der Waals surface area contributed by atoms with Gasteiger partial charge in [-0.3, -0.25) is 0 Å². The molecule has 3 nitrogen and oxygen atoms in total. The van der Waals surface area contributed by atoms with Gasteiger partial charge in [0.15, 0.2) is 7.14 Å². The number of rotatable bonds is 5. The molecule has 0 atom stereocenters. The number of nitrogens with zero attached hydrogens (tertiary/aromatic N) is 2. The van der Waals surface area contributed by atoms with Crippen molar-refractivity contribution in [1.82, 2.24) is 9.55 Å². The van der Waals surface area contributed by atoms with Crippen LogP contribution in [-0.2, 0) is 4.57 Å².